The topological polar surface area (TPSA) is 42.2 Å². The van der Waals surface area contributed by atoms with Gasteiger partial charge in [0.2, 0.25) is 0 Å². The van der Waals surface area contributed by atoms with Gasteiger partial charge in [-0.1, -0.05) is 29.2 Å². The molecule has 0 atom stereocenters. The van der Waals surface area contributed by atoms with Crippen molar-refractivity contribution in [1.82, 2.24) is 4.57 Å². The first-order chi connectivity index (χ1) is 10.0. The van der Waals surface area contributed by atoms with E-state index in [9.17, 15) is 9.18 Å². The molecule has 0 bridgehead atoms. The lowest BCUT2D eigenvalue weighted by molar-refractivity contribution is 0.305. The molecule has 0 radical (unpaired) electrons. The van der Waals surface area contributed by atoms with E-state index in [0.29, 0.717) is 17.5 Å². The summed E-state index contributed by atoms with van der Waals surface area (Å²) in [6.45, 7) is 3.96. The van der Waals surface area contributed by atoms with E-state index >= 15 is 0 Å². The van der Waals surface area contributed by atoms with E-state index in [0.717, 1.165) is 10.6 Å². The fraction of sp³-hybridized carbons (Fsp3) is 0.312. The van der Waals surface area contributed by atoms with Crippen LogP contribution in [0.1, 0.15) is 28.1 Å². The third kappa shape index (κ3) is 3.60. The fourth-order valence-corrected chi connectivity index (χ4v) is 2.75. The normalized spacial score (nSPS) is 10.3. The van der Waals surface area contributed by atoms with Crippen LogP contribution in [0.4, 0.5) is 4.39 Å². The van der Waals surface area contributed by atoms with Crippen molar-refractivity contribution in [3.8, 4) is 11.8 Å². The molecule has 0 spiro atoms. The molecule has 1 N–H and O–H groups in total. The molecule has 0 amide bonds. The van der Waals surface area contributed by atoms with Crippen molar-refractivity contribution in [2.24, 2.45) is 0 Å². The van der Waals surface area contributed by atoms with Crippen molar-refractivity contribution in [2.45, 2.75) is 26.8 Å². The molecular weight excluding hydrogens is 289 g/mol. The van der Waals surface area contributed by atoms with E-state index in [1.807, 2.05) is 13.8 Å². The van der Waals surface area contributed by atoms with E-state index < -0.39 is 0 Å². The Balaban J connectivity index is 2.26. The number of hydrogen-bond donors (Lipinski definition) is 1. The van der Waals surface area contributed by atoms with Crippen LogP contribution < -0.4 is 4.87 Å². The Labute approximate surface area is 126 Å². The van der Waals surface area contributed by atoms with Gasteiger partial charge in [-0.25, -0.2) is 4.39 Å². The average molecular weight is 305 g/mol. The molecule has 1 aromatic carbocycles. The zero-order valence-electron chi connectivity index (χ0n) is 11.9. The van der Waals surface area contributed by atoms with Crippen LogP contribution in [0.5, 0.6) is 0 Å². The first kappa shape index (κ1) is 15.5. The summed E-state index contributed by atoms with van der Waals surface area (Å²) in [4.78, 5) is 12.7. The molecule has 0 aliphatic heterocycles. The summed E-state index contributed by atoms with van der Waals surface area (Å²) < 4.78 is 15.7. The molecule has 1 aromatic heterocycles. The SMILES string of the molecule is Cc1sc(=O)n(Cc2ccc(C#CCCO)cc2F)c1C. The van der Waals surface area contributed by atoms with E-state index in [-0.39, 0.29) is 23.8 Å². The minimum atomic E-state index is -0.374. The quantitative estimate of drug-likeness (QED) is 0.885. The Morgan fingerprint density at radius 1 is 1.38 bits per heavy atom. The van der Waals surface area contributed by atoms with Crippen molar-refractivity contribution in [1.29, 1.82) is 0 Å². The highest BCUT2D eigenvalue weighted by Gasteiger charge is 2.10. The molecule has 3 nitrogen and oxygen atoms in total. The predicted molar refractivity (Wildman–Crippen MR) is 82.1 cm³/mol. The highest BCUT2D eigenvalue weighted by atomic mass is 32.1. The van der Waals surface area contributed by atoms with Crippen LogP contribution in [-0.2, 0) is 6.54 Å². The molecule has 0 aliphatic rings. The van der Waals surface area contributed by atoms with E-state index in [1.165, 1.54) is 17.4 Å². The minimum absolute atomic E-state index is 0.00668. The van der Waals surface area contributed by atoms with Gasteiger partial charge in [-0.15, -0.1) is 0 Å². The Bertz CT molecular complexity index is 765. The highest BCUT2D eigenvalue weighted by Crippen LogP contribution is 2.15. The second-order valence-corrected chi connectivity index (χ2v) is 5.84. The summed E-state index contributed by atoms with van der Waals surface area (Å²) in [6.07, 6.45) is 0.367. The number of hydrogen-bond acceptors (Lipinski definition) is 3. The molecule has 2 aromatic rings. The lowest BCUT2D eigenvalue weighted by Gasteiger charge is -2.07. The van der Waals surface area contributed by atoms with Crippen molar-refractivity contribution >= 4 is 11.3 Å². The molecule has 110 valence electrons. The number of benzene rings is 1. The second-order valence-electron chi connectivity index (χ2n) is 4.68. The molecule has 0 saturated heterocycles. The lowest BCUT2D eigenvalue weighted by atomic mass is 10.1. The number of aliphatic hydroxyl groups excluding tert-OH is 1. The molecule has 0 unspecified atom stereocenters. The largest absolute Gasteiger partial charge is 0.395 e. The third-order valence-corrected chi connectivity index (χ3v) is 4.22. The molecule has 1 heterocycles. The highest BCUT2D eigenvalue weighted by molar-refractivity contribution is 7.09. The maximum atomic E-state index is 14.1. The maximum absolute atomic E-state index is 14.1. The summed E-state index contributed by atoms with van der Waals surface area (Å²) in [6, 6.07) is 4.73. The van der Waals surface area contributed by atoms with Gasteiger partial charge in [-0.2, -0.15) is 0 Å². The van der Waals surface area contributed by atoms with Gasteiger partial charge < -0.3 is 5.11 Å². The zero-order chi connectivity index (χ0) is 15.4. The van der Waals surface area contributed by atoms with Crippen LogP contribution in [0.15, 0.2) is 23.0 Å². The van der Waals surface area contributed by atoms with Gasteiger partial charge in [0.15, 0.2) is 0 Å². The number of aromatic nitrogens is 1. The molecular formula is C16H16FNO2S. The van der Waals surface area contributed by atoms with Crippen LogP contribution in [-0.4, -0.2) is 16.3 Å². The van der Waals surface area contributed by atoms with E-state index in [2.05, 4.69) is 11.8 Å². The number of aliphatic hydroxyl groups is 1. The Hall–Kier alpha value is -1.90. The molecule has 0 aliphatic carbocycles. The zero-order valence-corrected chi connectivity index (χ0v) is 12.8. The lowest BCUT2D eigenvalue weighted by Crippen LogP contribution is -2.16. The van der Waals surface area contributed by atoms with Gasteiger partial charge in [0.1, 0.15) is 5.82 Å². The van der Waals surface area contributed by atoms with Crippen LogP contribution >= 0.6 is 11.3 Å². The predicted octanol–water partition coefficient (Wildman–Crippen LogP) is 2.45. The third-order valence-electron chi connectivity index (χ3n) is 3.23. The summed E-state index contributed by atoms with van der Waals surface area (Å²) in [5.41, 5.74) is 1.90. The summed E-state index contributed by atoms with van der Waals surface area (Å²) >= 11 is 1.18. The number of thiazole rings is 1. The maximum Gasteiger partial charge on any atom is 0.307 e. The van der Waals surface area contributed by atoms with Crippen molar-refractivity contribution < 1.29 is 9.50 Å². The average Bonchev–Trinajstić information content (AvgIpc) is 2.68. The first-order valence-corrected chi connectivity index (χ1v) is 7.39. The number of nitrogens with zero attached hydrogens (tertiary/aromatic N) is 1. The van der Waals surface area contributed by atoms with Crippen molar-refractivity contribution in [3.63, 3.8) is 0 Å². The summed E-state index contributed by atoms with van der Waals surface area (Å²) in [5.74, 6) is 5.16. The number of halogens is 1. The molecule has 21 heavy (non-hydrogen) atoms. The van der Waals surface area contributed by atoms with Crippen molar-refractivity contribution in [2.75, 3.05) is 6.61 Å². The van der Waals surface area contributed by atoms with Gasteiger partial charge in [0, 0.05) is 28.1 Å². The Morgan fingerprint density at radius 3 is 2.71 bits per heavy atom. The van der Waals surface area contributed by atoms with Gasteiger partial charge in [-0.3, -0.25) is 9.36 Å². The smallest absolute Gasteiger partial charge is 0.307 e. The monoisotopic (exact) mass is 305 g/mol. The summed E-state index contributed by atoms with van der Waals surface area (Å²) in [5, 5.41) is 8.65. The van der Waals surface area contributed by atoms with Crippen molar-refractivity contribution in [3.05, 3.63) is 55.4 Å². The van der Waals surface area contributed by atoms with E-state index in [1.54, 1.807) is 16.7 Å². The molecule has 0 saturated carbocycles. The number of rotatable bonds is 3. The number of aryl methyl sites for hydroxylation is 1. The Morgan fingerprint density at radius 2 is 2.14 bits per heavy atom. The molecule has 5 heteroatoms. The van der Waals surface area contributed by atoms with Gasteiger partial charge in [0.25, 0.3) is 0 Å². The first-order valence-electron chi connectivity index (χ1n) is 6.58. The van der Waals surface area contributed by atoms with E-state index in [4.69, 9.17) is 5.11 Å². The molecule has 0 fully saturated rings. The Kier molecular flexibility index (Phi) is 4.94. The standard InChI is InChI=1S/C16H16FNO2S/c1-11-12(2)21-16(20)18(11)10-14-7-6-13(9-15(14)17)5-3-4-8-19/h6-7,9,19H,4,8,10H2,1-2H3. The van der Waals surface area contributed by atoms with Crippen LogP contribution in [0.2, 0.25) is 0 Å². The minimum Gasteiger partial charge on any atom is -0.395 e. The fourth-order valence-electron chi connectivity index (χ4n) is 1.91. The summed E-state index contributed by atoms with van der Waals surface area (Å²) in [7, 11) is 0. The van der Waals surface area contributed by atoms with Gasteiger partial charge in [0.05, 0.1) is 13.2 Å². The second kappa shape index (κ2) is 6.70. The molecule has 2 rings (SSSR count). The van der Waals surface area contributed by atoms with Gasteiger partial charge >= 0.3 is 4.87 Å². The van der Waals surface area contributed by atoms with Crippen LogP contribution in [0.3, 0.4) is 0 Å². The van der Waals surface area contributed by atoms with Gasteiger partial charge in [-0.05, 0) is 26.0 Å². The van der Waals surface area contributed by atoms with Crippen LogP contribution in [0, 0.1) is 31.5 Å². The van der Waals surface area contributed by atoms with Crippen LogP contribution in [0.25, 0.3) is 0 Å².